The Kier molecular flexibility index (Phi) is 4.20. The van der Waals surface area contributed by atoms with Gasteiger partial charge in [-0.1, -0.05) is 6.07 Å². The number of benzene rings is 1. The van der Waals surface area contributed by atoms with Crippen LogP contribution in [0.15, 0.2) is 30.6 Å². The second kappa shape index (κ2) is 6.07. The molecule has 0 radical (unpaired) electrons. The van der Waals surface area contributed by atoms with Gasteiger partial charge in [-0.3, -0.25) is 5.10 Å². The molecule has 0 aliphatic heterocycles. The number of aromatic nitrogens is 2. The Morgan fingerprint density at radius 1 is 1.33 bits per heavy atom. The van der Waals surface area contributed by atoms with Gasteiger partial charge in [0, 0.05) is 24.8 Å². The molecule has 0 saturated carbocycles. The van der Waals surface area contributed by atoms with Crippen molar-refractivity contribution < 1.29 is 9.84 Å². The van der Waals surface area contributed by atoms with Gasteiger partial charge in [0.1, 0.15) is 0 Å². The van der Waals surface area contributed by atoms with Crippen molar-refractivity contribution in [3.05, 3.63) is 41.7 Å². The molecule has 18 heavy (non-hydrogen) atoms. The number of aromatic hydroxyl groups is 1. The smallest absolute Gasteiger partial charge is 0.161 e. The van der Waals surface area contributed by atoms with Gasteiger partial charge in [-0.15, -0.1) is 0 Å². The van der Waals surface area contributed by atoms with Crippen LogP contribution in [0.1, 0.15) is 18.1 Å². The van der Waals surface area contributed by atoms with Crippen molar-refractivity contribution >= 4 is 0 Å². The molecular weight excluding hydrogens is 230 g/mol. The average molecular weight is 247 g/mol. The van der Waals surface area contributed by atoms with Crippen molar-refractivity contribution in [1.29, 1.82) is 0 Å². The summed E-state index contributed by atoms with van der Waals surface area (Å²) in [4.78, 5) is 0. The van der Waals surface area contributed by atoms with Crippen LogP contribution in [-0.2, 0) is 13.1 Å². The highest BCUT2D eigenvalue weighted by molar-refractivity contribution is 5.41. The van der Waals surface area contributed by atoms with Crippen molar-refractivity contribution in [2.45, 2.75) is 20.0 Å². The lowest BCUT2D eigenvalue weighted by molar-refractivity contribution is 0.317. The Balaban J connectivity index is 1.90. The number of nitrogens with one attached hydrogen (secondary N) is 2. The van der Waals surface area contributed by atoms with E-state index in [-0.39, 0.29) is 5.75 Å². The van der Waals surface area contributed by atoms with Crippen LogP contribution < -0.4 is 10.1 Å². The zero-order valence-electron chi connectivity index (χ0n) is 10.3. The summed E-state index contributed by atoms with van der Waals surface area (Å²) >= 11 is 0. The summed E-state index contributed by atoms with van der Waals surface area (Å²) in [6.45, 7) is 3.90. The van der Waals surface area contributed by atoms with Crippen LogP contribution in [0.4, 0.5) is 0 Å². The number of phenolic OH excluding ortho intramolecular Hbond substituents is 1. The molecule has 0 saturated heterocycles. The molecule has 3 N–H and O–H groups in total. The van der Waals surface area contributed by atoms with E-state index in [1.165, 1.54) is 0 Å². The zero-order valence-corrected chi connectivity index (χ0v) is 10.3. The maximum absolute atomic E-state index is 9.58. The second-order valence-corrected chi connectivity index (χ2v) is 3.95. The van der Waals surface area contributed by atoms with E-state index in [1.54, 1.807) is 12.3 Å². The van der Waals surface area contributed by atoms with Gasteiger partial charge in [0.15, 0.2) is 11.5 Å². The Labute approximate surface area is 106 Å². The van der Waals surface area contributed by atoms with E-state index in [2.05, 4.69) is 15.5 Å². The van der Waals surface area contributed by atoms with Gasteiger partial charge in [0.2, 0.25) is 0 Å². The molecule has 0 spiro atoms. The molecule has 1 heterocycles. The highest BCUT2D eigenvalue weighted by Gasteiger charge is 2.03. The van der Waals surface area contributed by atoms with Crippen molar-refractivity contribution in [2.24, 2.45) is 0 Å². The summed E-state index contributed by atoms with van der Waals surface area (Å²) in [7, 11) is 0. The molecule has 1 aromatic carbocycles. The monoisotopic (exact) mass is 247 g/mol. The number of rotatable bonds is 6. The van der Waals surface area contributed by atoms with E-state index in [4.69, 9.17) is 4.74 Å². The van der Waals surface area contributed by atoms with Crippen LogP contribution >= 0.6 is 0 Å². The van der Waals surface area contributed by atoms with E-state index < -0.39 is 0 Å². The van der Waals surface area contributed by atoms with Gasteiger partial charge in [0.25, 0.3) is 0 Å². The SMILES string of the molecule is CCOc1cc(CNCc2cn[nH]c2)ccc1O. The van der Waals surface area contributed by atoms with Crippen LogP contribution in [0.25, 0.3) is 0 Å². The summed E-state index contributed by atoms with van der Waals surface area (Å²) in [5.41, 5.74) is 2.18. The zero-order chi connectivity index (χ0) is 12.8. The quantitative estimate of drug-likeness (QED) is 0.728. The van der Waals surface area contributed by atoms with Crippen LogP contribution in [0.5, 0.6) is 11.5 Å². The Hall–Kier alpha value is -2.01. The largest absolute Gasteiger partial charge is 0.504 e. The number of aromatic amines is 1. The number of phenols is 1. The lowest BCUT2D eigenvalue weighted by Crippen LogP contribution is -2.12. The van der Waals surface area contributed by atoms with E-state index in [0.29, 0.717) is 18.9 Å². The van der Waals surface area contributed by atoms with E-state index in [1.807, 2.05) is 25.3 Å². The first kappa shape index (κ1) is 12.4. The van der Waals surface area contributed by atoms with E-state index >= 15 is 0 Å². The van der Waals surface area contributed by atoms with Crippen molar-refractivity contribution in [1.82, 2.24) is 15.5 Å². The average Bonchev–Trinajstić information content (AvgIpc) is 2.87. The molecule has 0 aliphatic carbocycles. The fraction of sp³-hybridized carbons (Fsp3) is 0.308. The second-order valence-electron chi connectivity index (χ2n) is 3.95. The highest BCUT2D eigenvalue weighted by atomic mass is 16.5. The van der Waals surface area contributed by atoms with E-state index in [0.717, 1.165) is 17.7 Å². The maximum atomic E-state index is 9.58. The summed E-state index contributed by atoms with van der Waals surface area (Å²) in [5.74, 6) is 0.704. The third kappa shape index (κ3) is 3.24. The molecule has 1 aromatic heterocycles. The molecule has 2 aromatic rings. The summed E-state index contributed by atoms with van der Waals surface area (Å²) in [6.07, 6.45) is 3.64. The minimum Gasteiger partial charge on any atom is -0.504 e. The number of nitrogens with zero attached hydrogens (tertiary/aromatic N) is 1. The van der Waals surface area contributed by atoms with Gasteiger partial charge < -0.3 is 15.2 Å². The minimum absolute atomic E-state index is 0.176. The summed E-state index contributed by atoms with van der Waals surface area (Å²) in [5, 5.41) is 19.5. The molecule has 0 amide bonds. The fourth-order valence-corrected chi connectivity index (χ4v) is 1.67. The summed E-state index contributed by atoms with van der Waals surface area (Å²) in [6, 6.07) is 5.38. The first-order chi connectivity index (χ1) is 8.79. The van der Waals surface area contributed by atoms with Gasteiger partial charge in [-0.25, -0.2) is 0 Å². The number of hydrogen-bond donors (Lipinski definition) is 3. The van der Waals surface area contributed by atoms with Gasteiger partial charge >= 0.3 is 0 Å². The molecule has 96 valence electrons. The van der Waals surface area contributed by atoms with E-state index in [9.17, 15) is 5.11 Å². The molecular formula is C13H17N3O2. The maximum Gasteiger partial charge on any atom is 0.161 e. The molecule has 2 rings (SSSR count). The van der Waals surface area contributed by atoms with Crippen LogP contribution in [0.3, 0.4) is 0 Å². The molecule has 5 heteroatoms. The third-order valence-electron chi connectivity index (χ3n) is 2.54. The molecule has 0 fully saturated rings. The predicted octanol–water partition coefficient (Wildman–Crippen LogP) is 1.80. The Morgan fingerprint density at radius 3 is 2.89 bits per heavy atom. The Morgan fingerprint density at radius 2 is 2.17 bits per heavy atom. The lowest BCUT2D eigenvalue weighted by atomic mass is 10.2. The normalized spacial score (nSPS) is 10.5. The van der Waals surface area contributed by atoms with Crippen LogP contribution in [-0.4, -0.2) is 21.9 Å². The molecule has 5 nitrogen and oxygen atoms in total. The van der Waals surface area contributed by atoms with Crippen molar-refractivity contribution in [3.8, 4) is 11.5 Å². The van der Waals surface area contributed by atoms with Crippen molar-refractivity contribution in [3.63, 3.8) is 0 Å². The van der Waals surface area contributed by atoms with Crippen LogP contribution in [0.2, 0.25) is 0 Å². The van der Waals surface area contributed by atoms with Gasteiger partial charge in [-0.05, 0) is 24.6 Å². The lowest BCUT2D eigenvalue weighted by Gasteiger charge is -2.09. The Bertz CT molecular complexity index is 483. The fourth-order valence-electron chi connectivity index (χ4n) is 1.67. The molecule has 0 unspecified atom stereocenters. The topological polar surface area (TPSA) is 70.2 Å². The minimum atomic E-state index is 0.176. The number of ether oxygens (including phenoxy) is 1. The molecule has 0 bridgehead atoms. The summed E-state index contributed by atoms with van der Waals surface area (Å²) < 4.78 is 5.34. The predicted molar refractivity (Wildman–Crippen MR) is 68.4 cm³/mol. The van der Waals surface area contributed by atoms with Gasteiger partial charge in [-0.2, -0.15) is 5.10 Å². The van der Waals surface area contributed by atoms with Crippen LogP contribution in [0, 0.1) is 0 Å². The third-order valence-corrected chi connectivity index (χ3v) is 2.54. The first-order valence-corrected chi connectivity index (χ1v) is 5.92. The first-order valence-electron chi connectivity index (χ1n) is 5.92. The highest BCUT2D eigenvalue weighted by Crippen LogP contribution is 2.26. The number of hydrogen-bond acceptors (Lipinski definition) is 4. The van der Waals surface area contributed by atoms with Crippen molar-refractivity contribution in [2.75, 3.05) is 6.61 Å². The molecule has 0 atom stereocenters. The number of H-pyrrole nitrogens is 1. The van der Waals surface area contributed by atoms with Gasteiger partial charge in [0.05, 0.1) is 12.8 Å². The standard InChI is InChI=1S/C13H17N3O2/c1-2-18-13-5-10(3-4-12(13)17)6-14-7-11-8-15-16-9-11/h3-5,8-9,14,17H,2,6-7H2,1H3,(H,15,16). The molecule has 0 aliphatic rings.